The minimum Gasteiger partial charge on any atom is -0.507 e. The van der Waals surface area contributed by atoms with Gasteiger partial charge in [-0.1, -0.05) is 6.92 Å². The number of phenols is 1. The normalized spacial score (nSPS) is 26.2. The summed E-state index contributed by atoms with van der Waals surface area (Å²) in [6, 6.07) is 4.97. The van der Waals surface area contributed by atoms with Gasteiger partial charge in [0, 0.05) is 11.4 Å². The van der Waals surface area contributed by atoms with E-state index in [2.05, 4.69) is 12.2 Å². The molecular weight excluding hydrogens is 389 g/mol. The van der Waals surface area contributed by atoms with Gasteiger partial charge in [0.15, 0.2) is 0 Å². The van der Waals surface area contributed by atoms with Gasteiger partial charge in [-0.25, -0.2) is 0 Å². The standard InChI is InChI=1S/C15H19ClINO2/c1-10-4-6-15(9-16,7-5-10)18-14(20)11-2-3-12(17)13(19)8-11/h2-3,8,10,19H,4-7,9H2,1H3,(H,18,20). The van der Waals surface area contributed by atoms with Gasteiger partial charge < -0.3 is 10.4 Å². The number of rotatable bonds is 3. The number of halogens is 2. The monoisotopic (exact) mass is 407 g/mol. The average Bonchev–Trinajstić information content (AvgIpc) is 2.44. The van der Waals surface area contributed by atoms with Crippen molar-refractivity contribution in [3.8, 4) is 5.75 Å². The third kappa shape index (κ3) is 3.58. The number of nitrogens with one attached hydrogen (secondary N) is 1. The van der Waals surface area contributed by atoms with Gasteiger partial charge >= 0.3 is 0 Å². The van der Waals surface area contributed by atoms with Crippen molar-refractivity contribution in [2.75, 3.05) is 5.88 Å². The first-order valence-electron chi connectivity index (χ1n) is 6.83. The Hall–Kier alpha value is -0.490. The molecule has 1 aliphatic rings. The van der Waals surface area contributed by atoms with Crippen molar-refractivity contribution >= 4 is 40.1 Å². The van der Waals surface area contributed by atoms with Crippen molar-refractivity contribution in [2.45, 2.75) is 38.1 Å². The van der Waals surface area contributed by atoms with Gasteiger partial charge in [0.05, 0.1) is 9.11 Å². The lowest BCUT2D eigenvalue weighted by Gasteiger charge is -2.38. The molecule has 2 N–H and O–H groups in total. The van der Waals surface area contributed by atoms with Gasteiger partial charge in [-0.05, 0) is 72.4 Å². The van der Waals surface area contributed by atoms with Crippen LogP contribution in [0.5, 0.6) is 5.75 Å². The molecule has 1 aromatic carbocycles. The predicted molar refractivity (Wildman–Crippen MR) is 89.4 cm³/mol. The van der Waals surface area contributed by atoms with E-state index in [1.54, 1.807) is 12.1 Å². The van der Waals surface area contributed by atoms with E-state index >= 15 is 0 Å². The van der Waals surface area contributed by atoms with Crippen LogP contribution in [0.25, 0.3) is 0 Å². The Morgan fingerprint density at radius 2 is 2.15 bits per heavy atom. The second kappa shape index (κ2) is 6.52. The van der Waals surface area contributed by atoms with Crippen LogP contribution in [0.15, 0.2) is 18.2 Å². The van der Waals surface area contributed by atoms with Crippen LogP contribution in [0.1, 0.15) is 43.0 Å². The van der Waals surface area contributed by atoms with Crippen LogP contribution in [0.3, 0.4) is 0 Å². The van der Waals surface area contributed by atoms with Crippen LogP contribution in [0, 0.1) is 9.49 Å². The maximum atomic E-state index is 12.3. The summed E-state index contributed by atoms with van der Waals surface area (Å²) in [6.45, 7) is 2.23. The molecular formula is C15H19ClINO2. The van der Waals surface area contributed by atoms with Crippen LogP contribution in [0.4, 0.5) is 0 Å². The highest BCUT2D eigenvalue weighted by Crippen LogP contribution is 2.33. The van der Waals surface area contributed by atoms with Crippen molar-refractivity contribution in [3.63, 3.8) is 0 Å². The largest absolute Gasteiger partial charge is 0.507 e. The number of hydrogen-bond donors (Lipinski definition) is 2. The van der Waals surface area contributed by atoms with Gasteiger partial charge in [0.25, 0.3) is 5.91 Å². The lowest BCUT2D eigenvalue weighted by molar-refractivity contribution is 0.0872. The number of hydrogen-bond acceptors (Lipinski definition) is 2. The Balaban J connectivity index is 2.11. The summed E-state index contributed by atoms with van der Waals surface area (Å²) < 4.78 is 0.734. The number of carbonyl (C=O) groups is 1. The Bertz CT molecular complexity index is 499. The predicted octanol–water partition coefficient (Wildman–Crippen LogP) is 3.91. The first-order valence-corrected chi connectivity index (χ1v) is 8.44. The zero-order valence-corrected chi connectivity index (χ0v) is 14.4. The maximum Gasteiger partial charge on any atom is 0.251 e. The molecule has 2 rings (SSSR count). The number of phenolic OH excluding ortho intramolecular Hbond substituents is 1. The van der Waals surface area contributed by atoms with Crippen molar-refractivity contribution in [1.29, 1.82) is 0 Å². The Kier molecular flexibility index (Phi) is 5.18. The summed E-state index contributed by atoms with van der Waals surface area (Å²) in [6.07, 6.45) is 4.01. The minimum atomic E-state index is -0.302. The van der Waals surface area contributed by atoms with E-state index in [0.717, 1.165) is 29.3 Å². The van der Waals surface area contributed by atoms with E-state index in [1.807, 2.05) is 22.6 Å². The van der Waals surface area contributed by atoms with Crippen LogP contribution < -0.4 is 5.32 Å². The first-order chi connectivity index (χ1) is 9.46. The van der Waals surface area contributed by atoms with Gasteiger partial charge in [-0.2, -0.15) is 0 Å². The Labute approximate surface area is 138 Å². The van der Waals surface area contributed by atoms with Crippen LogP contribution in [-0.4, -0.2) is 22.4 Å². The Morgan fingerprint density at radius 1 is 1.50 bits per heavy atom. The molecule has 0 spiro atoms. The van der Waals surface area contributed by atoms with Crippen LogP contribution in [0.2, 0.25) is 0 Å². The van der Waals surface area contributed by atoms with E-state index in [1.165, 1.54) is 6.07 Å². The maximum absolute atomic E-state index is 12.3. The summed E-state index contributed by atoms with van der Waals surface area (Å²) in [4.78, 5) is 12.3. The number of amides is 1. The van der Waals surface area contributed by atoms with E-state index < -0.39 is 0 Å². The summed E-state index contributed by atoms with van der Waals surface area (Å²) in [5.74, 6) is 1.11. The highest BCUT2D eigenvalue weighted by atomic mass is 127. The number of aromatic hydroxyl groups is 1. The zero-order valence-electron chi connectivity index (χ0n) is 11.5. The molecule has 5 heteroatoms. The molecule has 0 bridgehead atoms. The summed E-state index contributed by atoms with van der Waals surface area (Å²) in [5, 5.41) is 12.8. The summed E-state index contributed by atoms with van der Waals surface area (Å²) in [7, 11) is 0. The van der Waals surface area contributed by atoms with Crippen LogP contribution >= 0.6 is 34.2 Å². The van der Waals surface area contributed by atoms with E-state index in [-0.39, 0.29) is 17.2 Å². The highest BCUT2D eigenvalue weighted by molar-refractivity contribution is 14.1. The number of alkyl halides is 1. The second-order valence-electron chi connectivity index (χ2n) is 5.72. The minimum absolute atomic E-state index is 0.135. The molecule has 20 heavy (non-hydrogen) atoms. The van der Waals surface area contributed by atoms with Crippen LogP contribution in [-0.2, 0) is 0 Å². The second-order valence-corrected chi connectivity index (χ2v) is 7.15. The molecule has 1 saturated carbocycles. The van der Waals surface area contributed by atoms with E-state index in [4.69, 9.17) is 11.6 Å². The average molecular weight is 408 g/mol. The molecule has 110 valence electrons. The quantitative estimate of drug-likeness (QED) is 0.589. The van der Waals surface area contributed by atoms with E-state index in [0.29, 0.717) is 17.4 Å². The molecule has 0 saturated heterocycles. The molecule has 3 nitrogen and oxygen atoms in total. The van der Waals surface area contributed by atoms with Crippen molar-refractivity contribution in [2.24, 2.45) is 5.92 Å². The molecule has 1 aromatic rings. The fourth-order valence-electron chi connectivity index (χ4n) is 2.57. The molecule has 1 amide bonds. The molecule has 0 unspecified atom stereocenters. The van der Waals surface area contributed by atoms with Crippen molar-refractivity contribution in [3.05, 3.63) is 27.3 Å². The third-order valence-corrected chi connectivity index (χ3v) is 5.50. The fourth-order valence-corrected chi connectivity index (χ4v) is 3.24. The molecule has 0 aliphatic heterocycles. The SMILES string of the molecule is CC1CCC(CCl)(NC(=O)c2ccc(I)c(O)c2)CC1. The van der Waals surface area contributed by atoms with Gasteiger partial charge in [0.2, 0.25) is 0 Å². The number of carbonyl (C=O) groups excluding carboxylic acids is 1. The molecule has 0 aromatic heterocycles. The molecule has 0 atom stereocenters. The van der Waals surface area contributed by atoms with Gasteiger partial charge in [-0.3, -0.25) is 4.79 Å². The fraction of sp³-hybridized carbons (Fsp3) is 0.533. The van der Waals surface area contributed by atoms with Crippen molar-refractivity contribution < 1.29 is 9.90 Å². The van der Waals surface area contributed by atoms with Gasteiger partial charge in [0.1, 0.15) is 5.75 Å². The molecule has 0 heterocycles. The smallest absolute Gasteiger partial charge is 0.251 e. The molecule has 0 radical (unpaired) electrons. The first kappa shape index (κ1) is 15.9. The summed E-state index contributed by atoms with van der Waals surface area (Å²) >= 11 is 8.14. The third-order valence-electron chi connectivity index (χ3n) is 4.07. The van der Waals surface area contributed by atoms with E-state index in [9.17, 15) is 9.90 Å². The Morgan fingerprint density at radius 3 is 2.70 bits per heavy atom. The topological polar surface area (TPSA) is 49.3 Å². The summed E-state index contributed by atoms with van der Waals surface area (Å²) in [5.41, 5.74) is 0.176. The van der Waals surface area contributed by atoms with Crippen molar-refractivity contribution in [1.82, 2.24) is 5.32 Å². The molecule has 1 aliphatic carbocycles. The van der Waals surface area contributed by atoms with Gasteiger partial charge in [-0.15, -0.1) is 11.6 Å². The lowest BCUT2D eigenvalue weighted by Crippen LogP contribution is -2.52. The highest BCUT2D eigenvalue weighted by Gasteiger charge is 2.35. The number of benzene rings is 1. The molecule has 1 fully saturated rings. The zero-order chi connectivity index (χ0) is 14.8. The lowest BCUT2D eigenvalue weighted by atomic mass is 9.78.